The normalized spacial score (nSPS) is 22.1. The summed E-state index contributed by atoms with van der Waals surface area (Å²) < 4.78 is 0. The lowest BCUT2D eigenvalue weighted by atomic mass is 10.2. The summed E-state index contributed by atoms with van der Waals surface area (Å²) in [7, 11) is 2.05. The molecule has 1 rings (SSSR count). The summed E-state index contributed by atoms with van der Waals surface area (Å²) >= 11 is 0. The van der Waals surface area contributed by atoms with Crippen LogP contribution < -0.4 is 5.32 Å². The Morgan fingerprint density at radius 1 is 1.30 bits per heavy atom. The molecular weight excluding hydrogens is 124 g/mol. The SMILES string of the molecule is CN1C=CC=CNC1(C)C. The zero-order chi connectivity index (χ0) is 7.61. The molecule has 0 saturated heterocycles. The van der Waals surface area contributed by atoms with E-state index < -0.39 is 0 Å². The number of allylic oxidation sites excluding steroid dienone is 2. The van der Waals surface area contributed by atoms with E-state index in [2.05, 4.69) is 37.3 Å². The Morgan fingerprint density at radius 2 is 2.00 bits per heavy atom. The highest BCUT2D eigenvalue weighted by molar-refractivity contribution is 5.07. The molecule has 0 unspecified atom stereocenters. The van der Waals surface area contributed by atoms with Gasteiger partial charge in [0.2, 0.25) is 0 Å². The Hall–Kier alpha value is -0.920. The van der Waals surface area contributed by atoms with Crippen LogP contribution >= 0.6 is 0 Å². The summed E-state index contributed by atoms with van der Waals surface area (Å²) in [5.74, 6) is 0. The van der Waals surface area contributed by atoms with Gasteiger partial charge in [-0.3, -0.25) is 0 Å². The molecule has 2 heteroatoms. The van der Waals surface area contributed by atoms with Gasteiger partial charge in [0.25, 0.3) is 0 Å². The van der Waals surface area contributed by atoms with Crippen molar-refractivity contribution < 1.29 is 0 Å². The fourth-order valence-electron chi connectivity index (χ4n) is 0.775. The van der Waals surface area contributed by atoms with Gasteiger partial charge in [0.1, 0.15) is 5.66 Å². The van der Waals surface area contributed by atoms with Crippen molar-refractivity contribution in [1.29, 1.82) is 0 Å². The smallest absolute Gasteiger partial charge is 0.103 e. The van der Waals surface area contributed by atoms with Crippen molar-refractivity contribution in [2.75, 3.05) is 7.05 Å². The minimum atomic E-state index is 0.0312. The van der Waals surface area contributed by atoms with E-state index >= 15 is 0 Å². The first-order chi connectivity index (χ1) is 4.63. The second kappa shape index (κ2) is 2.37. The van der Waals surface area contributed by atoms with Crippen molar-refractivity contribution in [3.05, 3.63) is 24.6 Å². The summed E-state index contributed by atoms with van der Waals surface area (Å²) in [5, 5.41) is 3.25. The Balaban J connectivity index is 2.76. The molecule has 1 N–H and O–H groups in total. The summed E-state index contributed by atoms with van der Waals surface area (Å²) in [4.78, 5) is 2.13. The Bertz CT molecular complexity index is 168. The lowest BCUT2D eigenvalue weighted by Gasteiger charge is -2.34. The van der Waals surface area contributed by atoms with Gasteiger partial charge in [-0.15, -0.1) is 0 Å². The van der Waals surface area contributed by atoms with Gasteiger partial charge in [-0.1, -0.05) is 0 Å². The maximum Gasteiger partial charge on any atom is 0.103 e. The van der Waals surface area contributed by atoms with Gasteiger partial charge in [0.15, 0.2) is 0 Å². The fraction of sp³-hybridized carbons (Fsp3) is 0.500. The highest BCUT2D eigenvalue weighted by Crippen LogP contribution is 2.10. The lowest BCUT2D eigenvalue weighted by Crippen LogP contribution is -2.47. The van der Waals surface area contributed by atoms with E-state index in [1.165, 1.54) is 0 Å². The van der Waals surface area contributed by atoms with Crippen molar-refractivity contribution in [2.45, 2.75) is 19.5 Å². The van der Waals surface area contributed by atoms with Gasteiger partial charge < -0.3 is 10.2 Å². The molecule has 0 aromatic rings. The van der Waals surface area contributed by atoms with Gasteiger partial charge in [-0.25, -0.2) is 0 Å². The molecule has 56 valence electrons. The van der Waals surface area contributed by atoms with E-state index in [1.807, 2.05) is 18.4 Å². The minimum absolute atomic E-state index is 0.0312. The predicted octanol–water partition coefficient (Wildman–Crippen LogP) is 1.28. The van der Waals surface area contributed by atoms with Crippen LogP contribution in [0.25, 0.3) is 0 Å². The first kappa shape index (κ1) is 7.19. The van der Waals surface area contributed by atoms with Crippen molar-refractivity contribution in [3.63, 3.8) is 0 Å². The van der Waals surface area contributed by atoms with Crippen LogP contribution in [0.5, 0.6) is 0 Å². The number of rotatable bonds is 0. The molecule has 0 fully saturated rings. The standard InChI is InChI=1S/C8H14N2/c1-8(2)9-6-4-5-7-10(8)3/h4-7,9H,1-3H3. The molecule has 1 aliphatic heterocycles. The monoisotopic (exact) mass is 138 g/mol. The van der Waals surface area contributed by atoms with Crippen LogP contribution in [0.4, 0.5) is 0 Å². The molecule has 2 nitrogen and oxygen atoms in total. The average Bonchev–Trinajstić information content (AvgIpc) is 1.96. The Labute approximate surface area is 62.2 Å². The van der Waals surface area contributed by atoms with Gasteiger partial charge in [0.05, 0.1) is 0 Å². The van der Waals surface area contributed by atoms with Crippen LogP contribution in [0, 0.1) is 0 Å². The minimum Gasteiger partial charge on any atom is -0.369 e. The van der Waals surface area contributed by atoms with E-state index in [-0.39, 0.29) is 5.66 Å². The van der Waals surface area contributed by atoms with Gasteiger partial charge >= 0.3 is 0 Å². The van der Waals surface area contributed by atoms with Crippen LogP contribution in [-0.4, -0.2) is 17.6 Å². The van der Waals surface area contributed by atoms with Crippen molar-refractivity contribution in [1.82, 2.24) is 10.2 Å². The second-order valence-corrected chi connectivity index (χ2v) is 3.01. The molecule has 1 aliphatic rings. The van der Waals surface area contributed by atoms with Crippen molar-refractivity contribution >= 4 is 0 Å². The van der Waals surface area contributed by atoms with E-state index in [0.717, 1.165) is 0 Å². The number of hydrogen-bond acceptors (Lipinski definition) is 2. The summed E-state index contributed by atoms with van der Waals surface area (Å²) in [6.07, 6.45) is 8.02. The van der Waals surface area contributed by atoms with Crippen LogP contribution in [0.2, 0.25) is 0 Å². The van der Waals surface area contributed by atoms with Crippen LogP contribution in [0.15, 0.2) is 24.6 Å². The summed E-state index contributed by atoms with van der Waals surface area (Å²) in [5.41, 5.74) is 0.0312. The zero-order valence-corrected chi connectivity index (χ0v) is 6.76. The summed E-state index contributed by atoms with van der Waals surface area (Å²) in [6.45, 7) is 4.26. The Kier molecular flexibility index (Phi) is 1.70. The highest BCUT2D eigenvalue weighted by atomic mass is 15.3. The van der Waals surface area contributed by atoms with E-state index in [0.29, 0.717) is 0 Å². The number of nitrogens with one attached hydrogen (secondary N) is 1. The first-order valence-corrected chi connectivity index (χ1v) is 3.47. The molecule has 0 amide bonds. The molecule has 0 bridgehead atoms. The largest absolute Gasteiger partial charge is 0.369 e. The molecule has 0 aromatic heterocycles. The fourth-order valence-corrected chi connectivity index (χ4v) is 0.775. The summed E-state index contributed by atoms with van der Waals surface area (Å²) in [6, 6.07) is 0. The van der Waals surface area contributed by atoms with Crippen LogP contribution in [-0.2, 0) is 0 Å². The number of hydrogen-bond donors (Lipinski definition) is 1. The second-order valence-electron chi connectivity index (χ2n) is 3.01. The Morgan fingerprint density at radius 3 is 2.70 bits per heavy atom. The molecule has 1 heterocycles. The van der Waals surface area contributed by atoms with E-state index in [9.17, 15) is 0 Å². The van der Waals surface area contributed by atoms with Crippen LogP contribution in [0.3, 0.4) is 0 Å². The third-order valence-corrected chi connectivity index (χ3v) is 1.84. The van der Waals surface area contributed by atoms with Gasteiger partial charge in [-0.2, -0.15) is 0 Å². The van der Waals surface area contributed by atoms with Crippen molar-refractivity contribution in [3.8, 4) is 0 Å². The van der Waals surface area contributed by atoms with Crippen molar-refractivity contribution in [2.24, 2.45) is 0 Å². The van der Waals surface area contributed by atoms with Crippen LogP contribution in [0.1, 0.15) is 13.8 Å². The molecule has 0 aliphatic carbocycles. The molecule has 0 saturated carbocycles. The third kappa shape index (κ3) is 1.32. The predicted molar refractivity (Wildman–Crippen MR) is 43.3 cm³/mol. The molecule has 0 aromatic carbocycles. The maximum atomic E-state index is 3.25. The first-order valence-electron chi connectivity index (χ1n) is 3.47. The molecule has 0 radical (unpaired) electrons. The molecular formula is C8H14N2. The third-order valence-electron chi connectivity index (χ3n) is 1.84. The average molecular weight is 138 g/mol. The van der Waals surface area contributed by atoms with Gasteiger partial charge in [0, 0.05) is 13.2 Å². The quantitative estimate of drug-likeness (QED) is 0.542. The van der Waals surface area contributed by atoms with E-state index in [1.54, 1.807) is 0 Å². The molecule has 10 heavy (non-hydrogen) atoms. The molecule has 0 atom stereocenters. The molecule has 0 spiro atoms. The zero-order valence-electron chi connectivity index (χ0n) is 6.76. The van der Waals surface area contributed by atoms with Gasteiger partial charge in [-0.05, 0) is 32.2 Å². The number of nitrogens with zero attached hydrogens (tertiary/aromatic N) is 1. The highest BCUT2D eigenvalue weighted by Gasteiger charge is 2.18. The van der Waals surface area contributed by atoms with E-state index in [4.69, 9.17) is 0 Å². The lowest BCUT2D eigenvalue weighted by molar-refractivity contribution is 0.198. The maximum absolute atomic E-state index is 3.25. The topological polar surface area (TPSA) is 15.3 Å².